The van der Waals surface area contributed by atoms with E-state index in [9.17, 15) is 4.79 Å². The van der Waals surface area contributed by atoms with Crippen LogP contribution in [-0.2, 0) is 0 Å². The summed E-state index contributed by atoms with van der Waals surface area (Å²) in [6, 6.07) is 6.63. The molecule has 0 radical (unpaired) electrons. The molecule has 0 atom stereocenters. The fourth-order valence-corrected chi connectivity index (χ4v) is 1.43. The summed E-state index contributed by atoms with van der Waals surface area (Å²) in [7, 11) is 1.55. The monoisotopic (exact) mass is 218 g/mol. The van der Waals surface area contributed by atoms with Crippen molar-refractivity contribution < 1.29 is 13.9 Å². The maximum absolute atomic E-state index is 11.0. The second-order valence-electron chi connectivity index (χ2n) is 3.26. The van der Waals surface area contributed by atoms with E-state index in [1.54, 1.807) is 25.3 Å². The minimum Gasteiger partial charge on any atom is -0.497 e. The zero-order chi connectivity index (χ0) is 11.7. The van der Waals surface area contributed by atoms with Gasteiger partial charge < -0.3 is 14.9 Å². The van der Waals surface area contributed by atoms with Gasteiger partial charge in [0, 0.05) is 5.39 Å². The van der Waals surface area contributed by atoms with Crippen LogP contribution in [0.15, 0.2) is 28.7 Å². The van der Waals surface area contributed by atoms with Crippen LogP contribution in [0.1, 0.15) is 10.4 Å². The summed E-state index contributed by atoms with van der Waals surface area (Å²) in [6.45, 7) is 0. The lowest BCUT2D eigenvalue weighted by molar-refractivity contribution is 0.0996. The fraction of sp³-hybridized carbons (Fsp3) is 0.0909. The van der Waals surface area contributed by atoms with Crippen LogP contribution in [-0.4, -0.2) is 13.0 Å². The largest absolute Gasteiger partial charge is 0.497 e. The molecule has 5 heteroatoms. The molecule has 2 aromatic rings. The molecule has 1 heterocycles. The predicted molar refractivity (Wildman–Crippen MR) is 57.1 cm³/mol. The fourth-order valence-electron chi connectivity index (χ4n) is 1.43. The summed E-state index contributed by atoms with van der Waals surface area (Å²) in [5.41, 5.74) is 5.46. The lowest BCUT2D eigenvalue weighted by atomic mass is 10.1. The van der Waals surface area contributed by atoms with Gasteiger partial charge in [0.05, 0.1) is 7.11 Å². The van der Waals surface area contributed by atoms with Crippen molar-refractivity contribution in [1.29, 1.82) is 5.41 Å². The highest BCUT2D eigenvalue weighted by atomic mass is 16.5. The van der Waals surface area contributed by atoms with Gasteiger partial charge >= 0.3 is 0 Å². The van der Waals surface area contributed by atoms with Crippen molar-refractivity contribution in [2.75, 3.05) is 7.11 Å². The highest BCUT2D eigenvalue weighted by Crippen LogP contribution is 2.19. The van der Waals surface area contributed by atoms with Crippen LogP contribution in [0.25, 0.3) is 11.0 Å². The van der Waals surface area contributed by atoms with Gasteiger partial charge in [-0.25, -0.2) is 0 Å². The number of hydrogen-bond acceptors (Lipinski definition) is 4. The van der Waals surface area contributed by atoms with Crippen molar-refractivity contribution in [2.45, 2.75) is 0 Å². The molecule has 0 fully saturated rings. The zero-order valence-corrected chi connectivity index (χ0v) is 8.61. The molecule has 0 aliphatic heterocycles. The van der Waals surface area contributed by atoms with Crippen molar-refractivity contribution >= 4 is 16.9 Å². The number of hydrogen-bond donors (Lipinski definition) is 2. The molecular weight excluding hydrogens is 208 g/mol. The first-order valence-electron chi connectivity index (χ1n) is 4.58. The molecular formula is C11H10N2O3. The molecule has 82 valence electrons. The van der Waals surface area contributed by atoms with Gasteiger partial charge in [0.2, 0.25) is 5.55 Å². The molecule has 1 amide bonds. The van der Waals surface area contributed by atoms with Crippen LogP contribution in [0.3, 0.4) is 0 Å². The van der Waals surface area contributed by atoms with Crippen LogP contribution in [0.2, 0.25) is 0 Å². The molecule has 2 rings (SSSR count). The molecule has 1 aromatic heterocycles. The minimum atomic E-state index is -0.682. The average molecular weight is 218 g/mol. The number of rotatable bonds is 2. The Morgan fingerprint density at radius 1 is 1.44 bits per heavy atom. The van der Waals surface area contributed by atoms with Gasteiger partial charge in [0.1, 0.15) is 16.9 Å². The maximum atomic E-state index is 11.0. The number of carbonyl (C=O) groups excluding carboxylic acids is 1. The van der Waals surface area contributed by atoms with Crippen LogP contribution in [0, 0.1) is 5.41 Å². The van der Waals surface area contributed by atoms with E-state index in [-0.39, 0.29) is 11.1 Å². The Kier molecular flexibility index (Phi) is 2.36. The van der Waals surface area contributed by atoms with Crippen molar-refractivity contribution in [3.63, 3.8) is 0 Å². The maximum Gasteiger partial charge on any atom is 0.254 e. The average Bonchev–Trinajstić information content (AvgIpc) is 2.27. The van der Waals surface area contributed by atoms with E-state index in [1.165, 1.54) is 6.07 Å². The van der Waals surface area contributed by atoms with E-state index in [0.717, 1.165) is 0 Å². The Morgan fingerprint density at radius 3 is 2.81 bits per heavy atom. The number of carbonyl (C=O) groups is 1. The van der Waals surface area contributed by atoms with E-state index in [0.29, 0.717) is 16.7 Å². The molecule has 16 heavy (non-hydrogen) atoms. The first-order valence-corrected chi connectivity index (χ1v) is 4.58. The van der Waals surface area contributed by atoms with Gasteiger partial charge in [-0.15, -0.1) is 0 Å². The van der Waals surface area contributed by atoms with Crippen molar-refractivity contribution in [2.24, 2.45) is 5.73 Å². The van der Waals surface area contributed by atoms with E-state index in [2.05, 4.69) is 0 Å². The Morgan fingerprint density at radius 2 is 2.19 bits per heavy atom. The first kappa shape index (κ1) is 10.2. The standard InChI is InChI=1S/C11H10N2O3/c1-15-7-2-3-9-6(4-7)5-8(10(12)14)11(13)16-9/h2-5,13H,1H3,(H2,12,14). The number of nitrogens with two attached hydrogens (primary N) is 1. The Bertz CT molecular complexity index is 616. The highest BCUT2D eigenvalue weighted by molar-refractivity contribution is 5.95. The van der Waals surface area contributed by atoms with Gasteiger partial charge in [-0.2, -0.15) is 0 Å². The SMILES string of the molecule is COc1ccc2oc(=N)c(C(N)=O)cc2c1. The third-order valence-electron chi connectivity index (χ3n) is 2.24. The molecule has 3 N–H and O–H groups in total. The topological polar surface area (TPSA) is 89.3 Å². The van der Waals surface area contributed by atoms with Gasteiger partial charge in [-0.3, -0.25) is 10.2 Å². The lowest BCUT2D eigenvalue weighted by Crippen LogP contribution is -2.20. The molecule has 0 aliphatic carbocycles. The van der Waals surface area contributed by atoms with Crippen molar-refractivity contribution in [3.8, 4) is 5.75 Å². The molecule has 1 aromatic carbocycles. The van der Waals surface area contributed by atoms with E-state index in [4.69, 9.17) is 20.3 Å². The van der Waals surface area contributed by atoms with Gasteiger partial charge in [0.25, 0.3) is 5.91 Å². The van der Waals surface area contributed by atoms with Crippen LogP contribution >= 0.6 is 0 Å². The second kappa shape index (κ2) is 3.69. The first-order chi connectivity index (χ1) is 7.61. The van der Waals surface area contributed by atoms with E-state index < -0.39 is 5.91 Å². The van der Waals surface area contributed by atoms with E-state index in [1.807, 2.05) is 0 Å². The van der Waals surface area contributed by atoms with Gasteiger partial charge in [0.15, 0.2) is 0 Å². The molecule has 0 bridgehead atoms. The quantitative estimate of drug-likeness (QED) is 0.788. The predicted octanol–water partition coefficient (Wildman–Crippen LogP) is 1.02. The normalized spacial score (nSPS) is 10.3. The summed E-state index contributed by atoms with van der Waals surface area (Å²) >= 11 is 0. The Balaban J connectivity index is 2.75. The second-order valence-corrected chi connectivity index (χ2v) is 3.26. The van der Waals surface area contributed by atoms with Crippen molar-refractivity contribution in [1.82, 2.24) is 0 Å². The van der Waals surface area contributed by atoms with Gasteiger partial charge in [-0.05, 0) is 24.3 Å². The van der Waals surface area contributed by atoms with E-state index >= 15 is 0 Å². The summed E-state index contributed by atoms with van der Waals surface area (Å²) < 4.78 is 10.2. The minimum absolute atomic E-state index is 0.0563. The molecule has 0 aliphatic rings. The van der Waals surface area contributed by atoms with Crippen molar-refractivity contribution in [3.05, 3.63) is 35.4 Å². The summed E-state index contributed by atoms with van der Waals surface area (Å²) in [5.74, 6) is -0.0330. The number of nitrogens with one attached hydrogen (secondary N) is 1. The summed E-state index contributed by atoms with van der Waals surface area (Å²) in [6.07, 6.45) is 0. The third-order valence-corrected chi connectivity index (χ3v) is 2.24. The summed E-state index contributed by atoms with van der Waals surface area (Å²) in [4.78, 5) is 11.0. The molecule has 0 unspecified atom stereocenters. The Hall–Kier alpha value is -2.30. The number of primary amides is 1. The Labute approximate surface area is 90.9 Å². The molecule has 0 saturated carbocycles. The molecule has 0 saturated heterocycles. The number of benzene rings is 1. The highest BCUT2D eigenvalue weighted by Gasteiger charge is 2.08. The number of amides is 1. The van der Waals surface area contributed by atoms with Crippen LogP contribution < -0.4 is 16.0 Å². The lowest BCUT2D eigenvalue weighted by Gasteiger charge is -2.03. The van der Waals surface area contributed by atoms with Gasteiger partial charge in [-0.1, -0.05) is 0 Å². The smallest absolute Gasteiger partial charge is 0.254 e. The number of ether oxygens (including phenoxy) is 1. The number of methoxy groups -OCH3 is 1. The van der Waals surface area contributed by atoms with Crippen LogP contribution in [0.4, 0.5) is 0 Å². The molecule has 0 spiro atoms. The van der Waals surface area contributed by atoms with Crippen LogP contribution in [0.5, 0.6) is 5.75 Å². The molecule has 5 nitrogen and oxygen atoms in total. The summed E-state index contributed by atoms with van der Waals surface area (Å²) in [5, 5.41) is 8.15. The third kappa shape index (κ3) is 1.63. The zero-order valence-electron chi connectivity index (χ0n) is 8.61. The number of fused-ring (bicyclic) bond motifs is 1.